The van der Waals surface area contributed by atoms with Crippen LogP contribution in [-0.2, 0) is 46.0 Å². The first-order valence-electron chi connectivity index (χ1n) is 20.4. The molecule has 16 heteroatoms. The van der Waals surface area contributed by atoms with Crippen molar-refractivity contribution in [3.8, 4) is 28.8 Å². The van der Waals surface area contributed by atoms with E-state index in [4.69, 9.17) is 14.5 Å². The smallest absolute Gasteiger partial charge is 0.343 e. The molecule has 5 N–H and O–H groups in total. The largest absolute Gasteiger partial charge is 0.511 e. The first-order valence-corrected chi connectivity index (χ1v) is 20.4. The number of esters is 1. The molecule has 16 nitrogen and oxygen atoms in total. The summed E-state index contributed by atoms with van der Waals surface area (Å²) in [4.78, 5) is 44.2. The van der Waals surface area contributed by atoms with Crippen molar-refractivity contribution in [2.75, 3.05) is 13.2 Å². The highest BCUT2D eigenvalue weighted by atomic mass is 16.6. The number of carbonyl (C=O) groups is 2. The fourth-order valence-corrected chi connectivity index (χ4v) is 8.86. The van der Waals surface area contributed by atoms with Gasteiger partial charge in [0.25, 0.3) is 11.5 Å². The van der Waals surface area contributed by atoms with E-state index in [-0.39, 0.29) is 78.7 Å². The van der Waals surface area contributed by atoms with Crippen LogP contribution in [0.5, 0.6) is 11.8 Å². The number of cyclic esters (lactones) is 1. The molecule has 6 aromatic rings. The van der Waals surface area contributed by atoms with Gasteiger partial charge in [0.05, 0.1) is 46.4 Å². The van der Waals surface area contributed by atoms with E-state index in [9.17, 15) is 34.8 Å². The van der Waals surface area contributed by atoms with Gasteiger partial charge in [-0.2, -0.15) is 0 Å². The molecule has 2 aromatic carbocycles. The molecule has 2 unspecified atom stereocenters. The predicted molar refractivity (Wildman–Crippen MR) is 224 cm³/mol. The normalized spacial score (nSPS) is 18.3. The number of hydrogen-bond donors (Lipinski definition) is 5. The summed E-state index contributed by atoms with van der Waals surface area (Å²) in [6, 6.07) is 14.3. The van der Waals surface area contributed by atoms with E-state index in [1.807, 2.05) is 67.9 Å². The van der Waals surface area contributed by atoms with E-state index in [2.05, 4.69) is 15.5 Å². The molecule has 6 heterocycles. The number of aliphatic hydroxyl groups excluding tert-OH is 2. The van der Waals surface area contributed by atoms with E-state index >= 15 is 0 Å². The molecule has 314 valence electrons. The van der Waals surface area contributed by atoms with Gasteiger partial charge in [0.2, 0.25) is 0 Å². The average Bonchev–Trinajstić information content (AvgIpc) is 3.95. The van der Waals surface area contributed by atoms with Gasteiger partial charge in [-0.25, -0.2) is 14.3 Å². The number of amides is 1. The van der Waals surface area contributed by atoms with E-state index in [1.54, 1.807) is 29.7 Å². The molecule has 0 bridgehead atoms. The summed E-state index contributed by atoms with van der Waals surface area (Å²) < 4.78 is 16.2. The van der Waals surface area contributed by atoms with Crippen LogP contribution in [0.1, 0.15) is 68.6 Å². The molecule has 2 atom stereocenters. The van der Waals surface area contributed by atoms with Crippen LogP contribution in [0.4, 0.5) is 0 Å². The third-order valence-electron chi connectivity index (χ3n) is 12.1. The van der Waals surface area contributed by atoms with E-state index in [0.29, 0.717) is 53.4 Å². The minimum absolute atomic E-state index is 0.0378. The van der Waals surface area contributed by atoms with E-state index in [0.717, 1.165) is 33.0 Å². The Morgan fingerprint density at radius 3 is 2.66 bits per heavy atom. The lowest BCUT2D eigenvalue weighted by molar-refractivity contribution is -0.172. The Morgan fingerprint density at radius 1 is 1.07 bits per heavy atom. The topological polar surface area (TPSA) is 216 Å². The number of nitrogens with one attached hydrogen (secondary N) is 1. The Bertz CT molecular complexity index is 2940. The molecule has 0 saturated carbocycles. The van der Waals surface area contributed by atoms with Gasteiger partial charge in [0.1, 0.15) is 18.1 Å². The lowest BCUT2D eigenvalue weighted by Gasteiger charge is -2.31. The van der Waals surface area contributed by atoms with Gasteiger partial charge in [0, 0.05) is 53.1 Å². The molecule has 0 fully saturated rings. The second-order valence-corrected chi connectivity index (χ2v) is 16.0. The molecular formula is C45H45N7O9. The van der Waals surface area contributed by atoms with Crippen LogP contribution in [0, 0.1) is 5.92 Å². The fraction of sp³-hybridized carbons (Fsp3) is 0.333. The Hall–Kier alpha value is -6.78. The van der Waals surface area contributed by atoms with Crippen molar-refractivity contribution in [1.29, 1.82) is 0 Å². The van der Waals surface area contributed by atoms with Crippen molar-refractivity contribution in [3.05, 3.63) is 111 Å². The summed E-state index contributed by atoms with van der Waals surface area (Å²) in [6.07, 6.45) is 3.56. The summed E-state index contributed by atoms with van der Waals surface area (Å²) in [5.74, 6) is -0.320. The lowest BCUT2D eigenvalue weighted by Crippen LogP contribution is -2.44. The zero-order valence-corrected chi connectivity index (χ0v) is 34.1. The van der Waals surface area contributed by atoms with Crippen molar-refractivity contribution >= 4 is 39.3 Å². The number of rotatable bonds is 11. The maximum absolute atomic E-state index is 13.7. The lowest BCUT2D eigenvalue weighted by atomic mass is 9.86. The second-order valence-electron chi connectivity index (χ2n) is 16.0. The maximum atomic E-state index is 13.7. The number of fused-ring (bicyclic) bond motifs is 6. The minimum Gasteiger partial charge on any atom is -0.511 e. The molecule has 0 spiro atoms. The van der Waals surface area contributed by atoms with Gasteiger partial charge in [-0.15, -0.1) is 5.10 Å². The number of aliphatic hydroxyl groups is 3. The van der Waals surface area contributed by atoms with Crippen LogP contribution in [0.25, 0.3) is 44.5 Å². The number of carbonyl (C=O) groups excluding carboxylic acids is 2. The quantitative estimate of drug-likeness (QED) is 0.112. The number of aromatic hydroxyl groups is 1. The molecule has 3 aliphatic rings. The van der Waals surface area contributed by atoms with Crippen LogP contribution in [0.2, 0.25) is 0 Å². The minimum atomic E-state index is -1.91. The number of ether oxygens (including phenoxy) is 2. The zero-order valence-electron chi connectivity index (χ0n) is 34.1. The zero-order chi connectivity index (χ0) is 42.9. The third kappa shape index (κ3) is 6.53. The maximum Gasteiger partial charge on any atom is 0.343 e. The van der Waals surface area contributed by atoms with Gasteiger partial charge >= 0.3 is 12.0 Å². The summed E-state index contributed by atoms with van der Waals surface area (Å²) in [7, 11) is 0. The highest BCUT2D eigenvalue weighted by Crippen LogP contribution is 2.41. The summed E-state index contributed by atoms with van der Waals surface area (Å²) >= 11 is 0. The molecule has 4 aromatic heterocycles. The Kier molecular flexibility index (Phi) is 9.78. The van der Waals surface area contributed by atoms with E-state index < -0.39 is 17.7 Å². The van der Waals surface area contributed by atoms with Crippen molar-refractivity contribution in [2.24, 2.45) is 5.92 Å². The molecular weight excluding hydrogens is 783 g/mol. The second kappa shape index (κ2) is 15.0. The first-order chi connectivity index (χ1) is 29.3. The number of allylic oxidation sites excluding steroid dienone is 2. The highest BCUT2D eigenvalue weighted by Gasteiger charge is 2.45. The number of pyridine rings is 2. The number of aryl methyl sites for hydroxylation is 1. The molecule has 61 heavy (non-hydrogen) atoms. The van der Waals surface area contributed by atoms with Crippen LogP contribution >= 0.6 is 0 Å². The summed E-state index contributed by atoms with van der Waals surface area (Å²) in [5, 5.41) is 55.9. The fourth-order valence-electron chi connectivity index (χ4n) is 8.86. The molecule has 2 aliphatic heterocycles. The van der Waals surface area contributed by atoms with Gasteiger partial charge in [0.15, 0.2) is 18.0 Å². The van der Waals surface area contributed by atoms with Crippen LogP contribution in [0.3, 0.4) is 0 Å². The molecule has 1 aliphatic carbocycles. The van der Waals surface area contributed by atoms with Crippen molar-refractivity contribution in [3.63, 3.8) is 0 Å². The van der Waals surface area contributed by atoms with E-state index in [1.165, 1.54) is 4.57 Å². The van der Waals surface area contributed by atoms with Crippen molar-refractivity contribution < 1.29 is 39.5 Å². The summed E-state index contributed by atoms with van der Waals surface area (Å²) in [5.41, 5.74) is 4.65. The molecule has 1 amide bonds. The Balaban J connectivity index is 0.869. The predicted octanol–water partition coefficient (Wildman–Crippen LogP) is 4.69. The molecule has 0 radical (unpaired) electrons. The van der Waals surface area contributed by atoms with Crippen molar-refractivity contribution in [2.45, 2.75) is 78.4 Å². The monoisotopic (exact) mass is 827 g/mol. The average molecular weight is 828 g/mol. The number of benzene rings is 2. The first kappa shape index (κ1) is 39.7. The van der Waals surface area contributed by atoms with Crippen LogP contribution < -0.4 is 15.6 Å². The van der Waals surface area contributed by atoms with Gasteiger partial charge in [-0.05, 0) is 84.5 Å². The third-order valence-corrected chi connectivity index (χ3v) is 12.1. The number of hydrogen-bond acceptors (Lipinski definition) is 12. The highest BCUT2D eigenvalue weighted by molar-refractivity contribution is 5.90. The Morgan fingerprint density at radius 2 is 1.89 bits per heavy atom. The SMILES string of the molecule is CCc1c2c(nc3ccc(OCC(=O)NCCn4ccc5cc(-n6c(O)nnc6C6=C(O)CC(O)C(C(C)C)=C6)ccc54)cc13)-c1cc3c(c(=O)n1C2)COC(=O)C3(O)CC. The number of nitrogens with zero attached hydrogens (tertiary/aromatic N) is 6. The standard InChI is InChI=1S/C45H45N7O9/c1-5-27-29-16-26(8-9-34(29)47-40-31(27)20-51-36(40)18-33-32(42(51)56)21-61-43(57)45(33,59)6-2)60-22-39(55)46-12-14-50-13-11-24-15-25(7-10-35(24)50)52-41(48-49-44(52)58)30-17-28(23(3)4)37(53)19-38(30)54/h7-11,13,15-18,23,37,53-54,59H,5-6,12,14,19-22H2,1-4H3,(H,46,55)(H,49,58). The van der Waals surface area contributed by atoms with Gasteiger partial charge in [-0.1, -0.05) is 32.8 Å². The van der Waals surface area contributed by atoms with Crippen LogP contribution in [0.15, 0.2) is 76.9 Å². The van der Waals surface area contributed by atoms with Crippen molar-refractivity contribution in [1.82, 2.24) is 34.2 Å². The van der Waals surface area contributed by atoms with Gasteiger partial charge in [-0.3, -0.25) is 9.59 Å². The van der Waals surface area contributed by atoms with Gasteiger partial charge < -0.3 is 44.4 Å². The van der Waals surface area contributed by atoms with Crippen LogP contribution in [-0.4, -0.2) is 80.4 Å². The molecule has 0 saturated heterocycles. The summed E-state index contributed by atoms with van der Waals surface area (Å²) in [6.45, 7) is 8.31. The Labute approximate surface area is 349 Å². The number of aromatic nitrogens is 6. The molecule has 9 rings (SSSR count).